The molecule has 0 saturated carbocycles. The van der Waals surface area contributed by atoms with Gasteiger partial charge in [0.1, 0.15) is 12.6 Å². The molecule has 1 atom stereocenters. The number of nitrogens with one attached hydrogen (secondary N) is 2. The number of nitrogens with zero attached hydrogens (tertiary/aromatic N) is 3. The predicted molar refractivity (Wildman–Crippen MR) is 128 cm³/mol. The summed E-state index contributed by atoms with van der Waals surface area (Å²) in [5, 5.41) is 19.0. The average molecular weight is 475 g/mol. The second-order valence-electron chi connectivity index (χ2n) is 9.09. The third kappa shape index (κ3) is 5.89. The predicted octanol–water partition coefficient (Wildman–Crippen LogP) is 1.54. The smallest absolute Gasteiger partial charge is 0.273 e. The molecule has 3 amide bonds. The number of carbonyl (C=O) groups is 4. The number of para-hydroxylation sites is 1. The summed E-state index contributed by atoms with van der Waals surface area (Å²) in [6, 6.07) is 14.2. The summed E-state index contributed by atoms with van der Waals surface area (Å²) in [7, 11) is 0. The van der Waals surface area contributed by atoms with Crippen LogP contribution in [0.15, 0.2) is 48.5 Å². The summed E-state index contributed by atoms with van der Waals surface area (Å²) >= 11 is 0. The zero-order chi connectivity index (χ0) is 25.8. The van der Waals surface area contributed by atoms with Crippen molar-refractivity contribution in [1.29, 1.82) is 5.26 Å². The fourth-order valence-electron chi connectivity index (χ4n) is 3.52. The molecular formula is C25H26N6O4. The van der Waals surface area contributed by atoms with Crippen LogP contribution < -0.4 is 16.4 Å². The lowest BCUT2D eigenvalue weighted by atomic mass is 9.86. The molecule has 180 valence electrons. The first-order valence-corrected chi connectivity index (χ1v) is 10.9. The number of benzene rings is 2. The lowest BCUT2D eigenvalue weighted by Crippen LogP contribution is -2.54. The van der Waals surface area contributed by atoms with E-state index >= 15 is 0 Å². The normalized spacial score (nSPS) is 11.9. The van der Waals surface area contributed by atoms with E-state index in [1.165, 1.54) is 4.68 Å². The minimum atomic E-state index is -0.974. The average Bonchev–Trinajstić information content (AvgIpc) is 3.18. The molecule has 10 nitrogen and oxygen atoms in total. The van der Waals surface area contributed by atoms with Crippen molar-refractivity contribution >= 4 is 34.4 Å². The van der Waals surface area contributed by atoms with E-state index in [0.717, 1.165) is 0 Å². The van der Waals surface area contributed by atoms with E-state index in [9.17, 15) is 19.2 Å². The number of rotatable bonds is 8. The quantitative estimate of drug-likeness (QED) is 0.420. The van der Waals surface area contributed by atoms with Crippen molar-refractivity contribution in [1.82, 2.24) is 20.4 Å². The molecule has 0 saturated heterocycles. The maximum atomic E-state index is 13.2. The number of carbonyl (C=O) groups excluding carboxylic acids is 4. The van der Waals surface area contributed by atoms with E-state index in [1.54, 1.807) is 69.3 Å². The first-order chi connectivity index (χ1) is 16.5. The van der Waals surface area contributed by atoms with Crippen LogP contribution in [0.25, 0.3) is 10.9 Å². The summed E-state index contributed by atoms with van der Waals surface area (Å²) in [6.45, 7) is 4.84. The molecule has 0 aliphatic rings. The lowest BCUT2D eigenvalue weighted by Gasteiger charge is -2.30. The molecule has 1 heterocycles. The number of hydrogen-bond acceptors (Lipinski definition) is 6. The molecule has 0 aliphatic heterocycles. The third-order valence-corrected chi connectivity index (χ3v) is 5.34. The van der Waals surface area contributed by atoms with Crippen LogP contribution in [0.4, 0.5) is 0 Å². The highest BCUT2D eigenvalue weighted by Crippen LogP contribution is 2.23. The van der Waals surface area contributed by atoms with Gasteiger partial charge in [0, 0.05) is 10.9 Å². The summed E-state index contributed by atoms with van der Waals surface area (Å²) in [6.07, 6.45) is 0. The molecule has 0 fully saturated rings. The highest BCUT2D eigenvalue weighted by Gasteiger charge is 2.34. The number of amides is 3. The van der Waals surface area contributed by atoms with Crippen molar-refractivity contribution in [2.75, 3.05) is 6.54 Å². The van der Waals surface area contributed by atoms with Crippen molar-refractivity contribution in [3.63, 3.8) is 0 Å². The van der Waals surface area contributed by atoms with Crippen LogP contribution in [0.2, 0.25) is 0 Å². The number of nitriles is 1. The monoisotopic (exact) mass is 474 g/mol. The number of nitrogens with two attached hydrogens (primary N) is 1. The third-order valence-electron chi connectivity index (χ3n) is 5.34. The molecule has 3 aromatic rings. The van der Waals surface area contributed by atoms with E-state index in [1.807, 2.05) is 6.07 Å². The summed E-state index contributed by atoms with van der Waals surface area (Å²) in [4.78, 5) is 49.8. The van der Waals surface area contributed by atoms with Crippen LogP contribution in [0.1, 0.15) is 47.2 Å². The molecule has 0 bridgehead atoms. The van der Waals surface area contributed by atoms with E-state index in [0.29, 0.717) is 22.0 Å². The second-order valence-corrected chi connectivity index (χ2v) is 9.09. The van der Waals surface area contributed by atoms with Gasteiger partial charge in [-0.1, -0.05) is 51.1 Å². The van der Waals surface area contributed by atoms with Crippen LogP contribution in [-0.4, -0.2) is 45.9 Å². The van der Waals surface area contributed by atoms with E-state index in [2.05, 4.69) is 15.7 Å². The lowest BCUT2D eigenvalue weighted by molar-refractivity contribution is -0.128. The van der Waals surface area contributed by atoms with Gasteiger partial charge in [0.2, 0.25) is 11.8 Å². The summed E-state index contributed by atoms with van der Waals surface area (Å²) in [5.41, 5.74) is 5.92. The fraction of sp³-hybridized carbons (Fsp3) is 0.280. The first-order valence-electron chi connectivity index (χ1n) is 10.9. The number of fused-ring (bicyclic) bond motifs is 1. The van der Waals surface area contributed by atoms with Gasteiger partial charge in [-0.05, 0) is 23.6 Å². The van der Waals surface area contributed by atoms with E-state index < -0.39 is 29.2 Å². The highest BCUT2D eigenvalue weighted by molar-refractivity contribution is 6.07. The zero-order valence-electron chi connectivity index (χ0n) is 19.7. The van der Waals surface area contributed by atoms with Gasteiger partial charge in [0.05, 0.1) is 23.7 Å². The number of Topliss-reactive ketones (excluding diaryl/α,β-unsaturated/α-hetero) is 1. The minimum absolute atomic E-state index is 0.0604. The van der Waals surface area contributed by atoms with Gasteiger partial charge in [-0.15, -0.1) is 0 Å². The molecule has 0 aliphatic carbocycles. The van der Waals surface area contributed by atoms with Crippen LogP contribution >= 0.6 is 0 Å². The van der Waals surface area contributed by atoms with Gasteiger partial charge in [0.25, 0.3) is 5.91 Å². The van der Waals surface area contributed by atoms with Gasteiger partial charge in [-0.25, -0.2) is 0 Å². The Labute approximate surface area is 202 Å². The molecule has 0 spiro atoms. The molecule has 35 heavy (non-hydrogen) atoms. The van der Waals surface area contributed by atoms with Gasteiger partial charge in [-0.2, -0.15) is 10.4 Å². The SMILES string of the molecule is CC(C)(C)[C@H](NC(=O)c1nn(CC(=O)c2ccc(C#N)cc2)c2ccccc12)C(=O)NCC(N)=O. The Kier molecular flexibility index (Phi) is 7.30. The Morgan fingerprint density at radius 3 is 2.34 bits per heavy atom. The molecular weight excluding hydrogens is 448 g/mol. The maximum absolute atomic E-state index is 13.2. The van der Waals surface area contributed by atoms with Crippen LogP contribution in [0.3, 0.4) is 0 Å². The first kappa shape index (κ1) is 25.1. The molecule has 0 unspecified atom stereocenters. The van der Waals surface area contributed by atoms with Gasteiger partial charge in [0.15, 0.2) is 11.5 Å². The largest absolute Gasteiger partial charge is 0.368 e. The van der Waals surface area contributed by atoms with Gasteiger partial charge in [-0.3, -0.25) is 23.9 Å². The van der Waals surface area contributed by atoms with E-state index in [-0.39, 0.29) is 24.6 Å². The molecule has 0 radical (unpaired) electrons. The topological polar surface area (TPSA) is 160 Å². The van der Waals surface area contributed by atoms with Crippen molar-refractivity contribution in [2.45, 2.75) is 33.4 Å². The standard InChI is InChI=1S/C25H26N6O4/c1-25(2,3)22(24(35)28-13-20(27)33)29-23(34)21-17-6-4-5-7-18(17)31(30-21)14-19(32)16-10-8-15(12-26)9-11-16/h4-11,22H,13-14H2,1-3H3,(H2,27,33)(H,28,35)(H,29,34)/t22-/m1/s1. The summed E-state index contributed by atoms with van der Waals surface area (Å²) in [5.74, 6) is -2.09. The Balaban J connectivity index is 1.89. The number of aromatic nitrogens is 2. The number of ketones is 1. The van der Waals surface area contributed by atoms with E-state index in [4.69, 9.17) is 11.0 Å². The summed E-state index contributed by atoms with van der Waals surface area (Å²) < 4.78 is 1.43. The number of hydrogen-bond donors (Lipinski definition) is 3. The molecule has 2 aromatic carbocycles. The molecule has 1 aromatic heterocycles. The Bertz CT molecular complexity index is 1330. The van der Waals surface area contributed by atoms with Crippen molar-refractivity contribution in [3.05, 3.63) is 65.4 Å². The number of primary amides is 1. The van der Waals surface area contributed by atoms with Gasteiger partial charge < -0.3 is 16.4 Å². The minimum Gasteiger partial charge on any atom is -0.368 e. The Hall–Kier alpha value is -4.52. The van der Waals surface area contributed by atoms with Gasteiger partial charge >= 0.3 is 0 Å². The van der Waals surface area contributed by atoms with Crippen LogP contribution in [0.5, 0.6) is 0 Å². The van der Waals surface area contributed by atoms with Crippen molar-refractivity contribution in [3.8, 4) is 6.07 Å². The maximum Gasteiger partial charge on any atom is 0.273 e. The van der Waals surface area contributed by atoms with Crippen molar-refractivity contribution in [2.24, 2.45) is 11.1 Å². The molecule has 3 rings (SSSR count). The fourth-order valence-corrected chi connectivity index (χ4v) is 3.52. The molecule has 10 heteroatoms. The second kappa shape index (κ2) is 10.2. The Morgan fingerprint density at radius 2 is 1.74 bits per heavy atom. The van der Waals surface area contributed by atoms with Crippen LogP contribution in [0, 0.1) is 16.7 Å². The molecule has 4 N–H and O–H groups in total. The van der Waals surface area contributed by atoms with Crippen LogP contribution in [-0.2, 0) is 16.1 Å². The highest BCUT2D eigenvalue weighted by atomic mass is 16.2. The zero-order valence-corrected chi connectivity index (χ0v) is 19.7. The Morgan fingerprint density at radius 1 is 1.09 bits per heavy atom. The van der Waals surface area contributed by atoms with Crippen molar-refractivity contribution < 1.29 is 19.2 Å².